The molecule has 0 unspecified atom stereocenters. The number of hydrogen-bond acceptors (Lipinski definition) is 7. The lowest BCUT2D eigenvalue weighted by molar-refractivity contribution is 0.0325. The topological polar surface area (TPSA) is 91.7 Å². The summed E-state index contributed by atoms with van der Waals surface area (Å²) in [5.41, 5.74) is 1.41. The van der Waals surface area contributed by atoms with Gasteiger partial charge < -0.3 is 14.7 Å². The molecular formula is C20H26BrN5O3. The fourth-order valence-electron chi connectivity index (χ4n) is 3.39. The average molecular weight is 464 g/mol. The van der Waals surface area contributed by atoms with Crippen LogP contribution in [0.25, 0.3) is 0 Å². The summed E-state index contributed by atoms with van der Waals surface area (Å²) in [6, 6.07) is 1.43. The van der Waals surface area contributed by atoms with E-state index in [0.717, 1.165) is 5.56 Å². The van der Waals surface area contributed by atoms with Crippen LogP contribution in [0.1, 0.15) is 29.8 Å². The van der Waals surface area contributed by atoms with Crippen molar-refractivity contribution >= 4 is 21.8 Å². The average Bonchev–Trinajstić information content (AvgIpc) is 2.71. The molecule has 1 amide bonds. The first-order valence-corrected chi connectivity index (χ1v) is 10.3. The summed E-state index contributed by atoms with van der Waals surface area (Å²) in [5, 5.41) is 9.66. The van der Waals surface area contributed by atoms with E-state index in [0.29, 0.717) is 35.6 Å². The van der Waals surface area contributed by atoms with Crippen LogP contribution in [0.15, 0.2) is 35.5 Å². The van der Waals surface area contributed by atoms with Gasteiger partial charge in [-0.1, -0.05) is 6.92 Å². The molecule has 1 N–H and O–H groups in total. The van der Waals surface area contributed by atoms with Gasteiger partial charge in [-0.05, 0) is 36.0 Å². The molecule has 0 radical (unpaired) electrons. The molecule has 0 saturated carbocycles. The first-order chi connectivity index (χ1) is 13.9. The number of hydrogen-bond donors (Lipinski definition) is 1. The van der Waals surface area contributed by atoms with Gasteiger partial charge in [0, 0.05) is 54.2 Å². The molecule has 0 fully saturated rings. The van der Waals surface area contributed by atoms with Crippen molar-refractivity contribution < 1.29 is 14.6 Å². The number of aromatic nitrogens is 3. The zero-order valence-electron chi connectivity index (χ0n) is 16.8. The number of aliphatic hydroxyl groups excluding tert-OH is 1. The third-order valence-corrected chi connectivity index (χ3v) is 5.48. The SMILES string of the molecule is C[C@@H]1CN([C@H](C)CO)C(=O)c2cc(Br)cnc2O[C@@H]1CN(C)Cc1cncnc1. The largest absolute Gasteiger partial charge is 0.472 e. The summed E-state index contributed by atoms with van der Waals surface area (Å²) in [5.74, 6) is 0.179. The van der Waals surface area contributed by atoms with Gasteiger partial charge in [0.25, 0.3) is 5.91 Å². The normalized spacial score (nSPS) is 20.6. The Hall–Kier alpha value is -2.10. The number of aliphatic hydroxyl groups is 1. The number of rotatable bonds is 6. The predicted octanol–water partition coefficient (Wildman–Crippen LogP) is 1.99. The van der Waals surface area contributed by atoms with E-state index in [1.54, 1.807) is 29.6 Å². The second kappa shape index (κ2) is 9.60. The van der Waals surface area contributed by atoms with Gasteiger partial charge in [0.15, 0.2) is 0 Å². The number of carbonyl (C=O) groups is 1. The third-order valence-electron chi connectivity index (χ3n) is 5.05. The van der Waals surface area contributed by atoms with Crippen LogP contribution < -0.4 is 4.74 Å². The molecule has 156 valence electrons. The summed E-state index contributed by atoms with van der Waals surface area (Å²) in [6.07, 6.45) is 6.55. The number of carbonyl (C=O) groups excluding carboxylic acids is 1. The fraction of sp³-hybridized carbons (Fsp3) is 0.500. The summed E-state index contributed by atoms with van der Waals surface area (Å²) < 4.78 is 6.93. The Balaban J connectivity index is 1.85. The van der Waals surface area contributed by atoms with Crippen LogP contribution in [0.4, 0.5) is 0 Å². The van der Waals surface area contributed by atoms with E-state index in [1.807, 2.05) is 14.0 Å². The van der Waals surface area contributed by atoms with Gasteiger partial charge in [-0.15, -0.1) is 0 Å². The molecule has 9 heteroatoms. The first-order valence-electron chi connectivity index (χ1n) is 9.55. The molecule has 0 aliphatic carbocycles. The molecule has 0 saturated heterocycles. The smallest absolute Gasteiger partial charge is 0.259 e. The number of nitrogens with zero attached hydrogens (tertiary/aromatic N) is 5. The molecule has 8 nitrogen and oxygen atoms in total. The van der Waals surface area contributed by atoms with Crippen molar-refractivity contribution in [3.8, 4) is 5.88 Å². The second-order valence-electron chi connectivity index (χ2n) is 7.57. The zero-order valence-corrected chi connectivity index (χ0v) is 18.4. The molecule has 0 aromatic carbocycles. The quantitative estimate of drug-likeness (QED) is 0.699. The highest BCUT2D eigenvalue weighted by Crippen LogP contribution is 2.28. The van der Waals surface area contributed by atoms with Gasteiger partial charge >= 0.3 is 0 Å². The monoisotopic (exact) mass is 463 g/mol. The Morgan fingerprint density at radius 2 is 2.10 bits per heavy atom. The van der Waals surface area contributed by atoms with Gasteiger partial charge in [-0.3, -0.25) is 9.69 Å². The van der Waals surface area contributed by atoms with E-state index in [-0.39, 0.29) is 30.6 Å². The Morgan fingerprint density at radius 1 is 1.38 bits per heavy atom. The van der Waals surface area contributed by atoms with Crippen LogP contribution in [0.5, 0.6) is 5.88 Å². The number of fused-ring (bicyclic) bond motifs is 1. The van der Waals surface area contributed by atoms with E-state index in [9.17, 15) is 9.90 Å². The minimum absolute atomic E-state index is 0.0426. The predicted molar refractivity (Wildman–Crippen MR) is 111 cm³/mol. The Morgan fingerprint density at radius 3 is 2.79 bits per heavy atom. The van der Waals surface area contributed by atoms with Crippen molar-refractivity contribution in [1.29, 1.82) is 0 Å². The lowest BCUT2D eigenvalue weighted by atomic mass is 10.00. The number of halogens is 1. The molecule has 0 bridgehead atoms. The van der Waals surface area contributed by atoms with Crippen LogP contribution in [0.2, 0.25) is 0 Å². The van der Waals surface area contributed by atoms with Crippen molar-refractivity contribution in [1.82, 2.24) is 24.8 Å². The molecule has 3 atom stereocenters. The summed E-state index contributed by atoms with van der Waals surface area (Å²) >= 11 is 3.38. The van der Waals surface area contributed by atoms with Crippen LogP contribution in [-0.4, -0.2) is 74.7 Å². The van der Waals surface area contributed by atoms with Gasteiger partial charge in [0.05, 0.1) is 12.6 Å². The summed E-state index contributed by atoms with van der Waals surface area (Å²) in [6.45, 7) is 5.60. The second-order valence-corrected chi connectivity index (χ2v) is 8.49. The number of amides is 1. The number of ether oxygens (including phenoxy) is 1. The Labute approximate surface area is 179 Å². The standard InChI is InChI=1S/C20H26BrN5O3/c1-13-8-26(14(2)11-27)20(28)17-4-16(21)7-24-19(17)29-18(13)10-25(3)9-15-5-22-12-23-6-15/h4-7,12-14,18,27H,8-11H2,1-3H3/t13-,14-,18-/m1/s1. The van der Waals surface area contributed by atoms with Gasteiger partial charge in [0.1, 0.15) is 18.0 Å². The van der Waals surface area contributed by atoms with Crippen LogP contribution in [-0.2, 0) is 6.54 Å². The van der Waals surface area contributed by atoms with Gasteiger partial charge in [-0.2, -0.15) is 0 Å². The lowest BCUT2D eigenvalue weighted by Crippen LogP contribution is -2.49. The van der Waals surface area contributed by atoms with Crippen LogP contribution >= 0.6 is 15.9 Å². The lowest BCUT2D eigenvalue weighted by Gasteiger charge is -2.37. The zero-order chi connectivity index (χ0) is 21.0. The Kier molecular flexibility index (Phi) is 7.15. The van der Waals surface area contributed by atoms with E-state index < -0.39 is 0 Å². The van der Waals surface area contributed by atoms with Crippen molar-refractivity contribution in [2.75, 3.05) is 26.7 Å². The van der Waals surface area contributed by atoms with Gasteiger partial charge in [0.2, 0.25) is 5.88 Å². The molecule has 0 spiro atoms. The minimum atomic E-state index is -0.297. The van der Waals surface area contributed by atoms with E-state index >= 15 is 0 Å². The van der Waals surface area contributed by atoms with E-state index in [4.69, 9.17) is 4.74 Å². The molecule has 1 aliphatic rings. The highest BCUT2D eigenvalue weighted by Gasteiger charge is 2.34. The molecule has 29 heavy (non-hydrogen) atoms. The van der Waals surface area contributed by atoms with Crippen molar-refractivity contribution in [2.45, 2.75) is 32.5 Å². The molecule has 1 aliphatic heterocycles. The summed E-state index contributed by atoms with van der Waals surface area (Å²) in [4.78, 5) is 29.4. The molecule has 3 heterocycles. The Bertz CT molecular complexity index is 838. The van der Waals surface area contributed by atoms with Crippen LogP contribution in [0, 0.1) is 5.92 Å². The van der Waals surface area contributed by atoms with Crippen molar-refractivity contribution in [2.24, 2.45) is 5.92 Å². The highest BCUT2D eigenvalue weighted by molar-refractivity contribution is 9.10. The van der Waals surface area contributed by atoms with E-state index in [2.05, 4.69) is 42.7 Å². The van der Waals surface area contributed by atoms with Crippen LogP contribution in [0.3, 0.4) is 0 Å². The molecule has 2 aromatic heterocycles. The summed E-state index contributed by atoms with van der Waals surface area (Å²) in [7, 11) is 2.01. The molecule has 3 rings (SSSR count). The number of pyridine rings is 1. The van der Waals surface area contributed by atoms with E-state index in [1.165, 1.54) is 6.33 Å². The minimum Gasteiger partial charge on any atom is -0.472 e. The van der Waals surface area contributed by atoms with Gasteiger partial charge in [-0.25, -0.2) is 15.0 Å². The van der Waals surface area contributed by atoms with Crippen molar-refractivity contribution in [3.63, 3.8) is 0 Å². The third kappa shape index (κ3) is 5.29. The van der Waals surface area contributed by atoms with Crippen molar-refractivity contribution in [3.05, 3.63) is 46.6 Å². The maximum absolute atomic E-state index is 13.1. The maximum atomic E-state index is 13.1. The fourth-order valence-corrected chi connectivity index (χ4v) is 3.72. The highest BCUT2D eigenvalue weighted by atomic mass is 79.9. The first kappa shape index (κ1) is 21.6. The molecular weight excluding hydrogens is 438 g/mol. The molecule has 2 aromatic rings. The maximum Gasteiger partial charge on any atom is 0.259 e. The number of likely N-dealkylation sites (N-methyl/N-ethyl adjacent to an activating group) is 1.